The number of nitrogens with two attached hydrogens (primary N) is 1. The summed E-state index contributed by atoms with van der Waals surface area (Å²) >= 11 is 0. The molecule has 0 saturated heterocycles. The Morgan fingerprint density at radius 2 is 1.89 bits per heavy atom. The standard InChI is InChI=1S/C14H23NO4/c1-9(16)10(2)19-14(8-15)12-7-11(17-3)5-6-13(12)18-4/h5-7,9-10,14,16H,8,15H2,1-4H3. The van der Waals surface area contributed by atoms with Gasteiger partial charge in [0.25, 0.3) is 0 Å². The van der Waals surface area contributed by atoms with Crippen LogP contribution in [0.25, 0.3) is 0 Å². The van der Waals surface area contributed by atoms with Gasteiger partial charge in [0.2, 0.25) is 0 Å². The Hall–Kier alpha value is -1.30. The van der Waals surface area contributed by atoms with E-state index in [1.54, 1.807) is 28.1 Å². The lowest BCUT2D eigenvalue weighted by Gasteiger charge is -2.25. The Morgan fingerprint density at radius 1 is 1.21 bits per heavy atom. The molecule has 1 aromatic carbocycles. The lowest BCUT2D eigenvalue weighted by Crippen LogP contribution is -2.28. The van der Waals surface area contributed by atoms with Gasteiger partial charge in [-0.3, -0.25) is 0 Å². The van der Waals surface area contributed by atoms with E-state index >= 15 is 0 Å². The van der Waals surface area contributed by atoms with E-state index in [9.17, 15) is 5.11 Å². The zero-order chi connectivity index (χ0) is 14.4. The van der Waals surface area contributed by atoms with Crippen molar-refractivity contribution in [1.82, 2.24) is 0 Å². The van der Waals surface area contributed by atoms with E-state index in [2.05, 4.69) is 0 Å². The minimum Gasteiger partial charge on any atom is -0.497 e. The number of aliphatic hydroxyl groups is 1. The summed E-state index contributed by atoms with van der Waals surface area (Å²) in [4.78, 5) is 0. The van der Waals surface area contributed by atoms with Gasteiger partial charge in [0.05, 0.1) is 32.5 Å². The molecule has 1 rings (SSSR count). The molecule has 0 radical (unpaired) electrons. The Balaban J connectivity index is 3.01. The van der Waals surface area contributed by atoms with Crippen molar-refractivity contribution in [2.24, 2.45) is 5.73 Å². The van der Waals surface area contributed by atoms with Gasteiger partial charge in [-0.25, -0.2) is 0 Å². The van der Waals surface area contributed by atoms with Crippen molar-refractivity contribution < 1.29 is 19.3 Å². The first-order chi connectivity index (χ1) is 9.03. The molecule has 19 heavy (non-hydrogen) atoms. The van der Waals surface area contributed by atoms with Crippen LogP contribution in [0.1, 0.15) is 25.5 Å². The quantitative estimate of drug-likeness (QED) is 0.784. The molecular formula is C14H23NO4. The second kappa shape index (κ2) is 7.33. The van der Waals surface area contributed by atoms with E-state index in [0.717, 1.165) is 5.56 Å². The van der Waals surface area contributed by atoms with Crippen LogP contribution < -0.4 is 15.2 Å². The van der Waals surface area contributed by atoms with Gasteiger partial charge in [0, 0.05) is 12.1 Å². The predicted molar refractivity (Wildman–Crippen MR) is 73.6 cm³/mol. The van der Waals surface area contributed by atoms with Crippen molar-refractivity contribution in [3.8, 4) is 11.5 Å². The highest BCUT2D eigenvalue weighted by atomic mass is 16.5. The summed E-state index contributed by atoms with van der Waals surface area (Å²) in [7, 11) is 3.19. The number of rotatable bonds is 7. The lowest BCUT2D eigenvalue weighted by atomic mass is 10.1. The number of hydrogen-bond acceptors (Lipinski definition) is 5. The smallest absolute Gasteiger partial charge is 0.124 e. The molecule has 0 spiro atoms. The first kappa shape index (κ1) is 15.8. The fourth-order valence-electron chi connectivity index (χ4n) is 1.72. The average molecular weight is 269 g/mol. The normalized spacial score (nSPS) is 15.7. The van der Waals surface area contributed by atoms with Gasteiger partial charge in [-0.05, 0) is 32.0 Å². The molecule has 0 aliphatic rings. The summed E-state index contributed by atoms with van der Waals surface area (Å²) in [5, 5.41) is 9.52. The summed E-state index contributed by atoms with van der Waals surface area (Å²) < 4.78 is 16.3. The second-order valence-corrected chi connectivity index (χ2v) is 4.41. The van der Waals surface area contributed by atoms with Crippen molar-refractivity contribution in [1.29, 1.82) is 0 Å². The summed E-state index contributed by atoms with van der Waals surface area (Å²) in [6, 6.07) is 5.46. The molecule has 0 aliphatic heterocycles. The fraction of sp³-hybridized carbons (Fsp3) is 0.571. The van der Waals surface area contributed by atoms with Crippen LogP contribution in [0.4, 0.5) is 0 Å². The molecule has 0 fully saturated rings. The molecule has 0 saturated carbocycles. The zero-order valence-electron chi connectivity index (χ0n) is 11.9. The van der Waals surface area contributed by atoms with Crippen LogP contribution in [-0.2, 0) is 4.74 Å². The molecule has 0 amide bonds. The van der Waals surface area contributed by atoms with Crippen molar-refractivity contribution in [2.45, 2.75) is 32.2 Å². The van der Waals surface area contributed by atoms with Crippen LogP contribution in [0, 0.1) is 0 Å². The summed E-state index contributed by atoms with van der Waals surface area (Å²) in [6.45, 7) is 3.78. The molecule has 5 heteroatoms. The maximum Gasteiger partial charge on any atom is 0.124 e. The van der Waals surface area contributed by atoms with E-state index in [4.69, 9.17) is 19.9 Å². The zero-order valence-corrected chi connectivity index (χ0v) is 11.9. The number of ether oxygens (including phenoxy) is 3. The minimum atomic E-state index is -0.564. The largest absolute Gasteiger partial charge is 0.497 e. The topological polar surface area (TPSA) is 73.9 Å². The number of hydrogen-bond donors (Lipinski definition) is 2. The van der Waals surface area contributed by atoms with E-state index in [0.29, 0.717) is 18.0 Å². The highest BCUT2D eigenvalue weighted by molar-refractivity contribution is 5.42. The van der Waals surface area contributed by atoms with Gasteiger partial charge in [-0.1, -0.05) is 0 Å². The van der Waals surface area contributed by atoms with Crippen molar-refractivity contribution >= 4 is 0 Å². The van der Waals surface area contributed by atoms with Crippen LogP contribution in [0.5, 0.6) is 11.5 Å². The summed E-state index contributed by atoms with van der Waals surface area (Å²) in [5.41, 5.74) is 6.58. The fourth-order valence-corrected chi connectivity index (χ4v) is 1.72. The van der Waals surface area contributed by atoms with E-state index < -0.39 is 6.10 Å². The van der Waals surface area contributed by atoms with Crippen LogP contribution >= 0.6 is 0 Å². The summed E-state index contributed by atoms with van der Waals surface area (Å²) in [5.74, 6) is 1.40. The first-order valence-corrected chi connectivity index (χ1v) is 6.29. The van der Waals surface area contributed by atoms with E-state index in [-0.39, 0.29) is 12.2 Å². The highest BCUT2D eigenvalue weighted by Gasteiger charge is 2.21. The van der Waals surface area contributed by atoms with E-state index in [1.807, 2.05) is 18.2 Å². The molecule has 3 atom stereocenters. The Morgan fingerprint density at radius 3 is 2.37 bits per heavy atom. The highest BCUT2D eigenvalue weighted by Crippen LogP contribution is 2.31. The van der Waals surface area contributed by atoms with Crippen LogP contribution in [0.15, 0.2) is 18.2 Å². The Bertz CT molecular complexity index is 395. The predicted octanol–water partition coefficient (Wildman–Crippen LogP) is 1.49. The lowest BCUT2D eigenvalue weighted by molar-refractivity contribution is -0.0598. The van der Waals surface area contributed by atoms with Crippen LogP contribution in [0.3, 0.4) is 0 Å². The minimum absolute atomic E-state index is 0.292. The SMILES string of the molecule is COc1ccc(OC)c(C(CN)OC(C)C(C)O)c1. The molecule has 0 heterocycles. The van der Waals surface area contributed by atoms with Gasteiger partial charge in [0.1, 0.15) is 11.5 Å². The molecule has 0 aliphatic carbocycles. The second-order valence-electron chi connectivity index (χ2n) is 4.41. The van der Waals surface area contributed by atoms with Crippen molar-refractivity contribution in [2.75, 3.05) is 20.8 Å². The van der Waals surface area contributed by atoms with Gasteiger partial charge in [-0.15, -0.1) is 0 Å². The molecule has 3 N–H and O–H groups in total. The third kappa shape index (κ3) is 4.09. The van der Waals surface area contributed by atoms with Crippen LogP contribution in [-0.4, -0.2) is 38.1 Å². The average Bonchev–Trinajstić information content (AvgIpc) is 2.43. The van der Waals surface area contributed by atoms with Crippen molar-refractivity contribution in [3.05, 3.63) is 23.8 Å². The molecule has 0 bridgehead atoms. The molecule has 108 valence electrons. The third-order valence-corrected chi connectivity index (χ3v) is 3.06. The third-order valence-electron chi connectivity index (χ3n) is 3.06. The maximum atomic E-state index is 9.52. The molecule has 3 unspecified atom stereocenters. The molecule has 0 aromatic heterocycles. The van der Waals surface area contributed by atoms with Crippen molar-refractivity contribution in [3.63, 3.8) is 0 Å². The number of benzene rings is 1. The maximum absolute atomic E-state index is 9.52. The monoisotopic (exact) mass is 269 g/mol. The molecular weight excluding hydrogens is 246 g/mol. The number of aliphatic hydroxyl groups excluding tert-OH is 1. The van der Waals surface area contributed by atoms with Crippen LogP contribution in [0.2, 0.25) is 0 Å². The molecule has 5 nitrogen and oxygen atoms in total. The Kier molecular flexibility index (Phi) is 6.08. The number of methoxy groups -OCH3 is 2. The first-order valence-electron chi connectivity index (χ1n) is 6.29. The van der Waals surface area contributed by atoms with Gasteiger partial charge >= 0.3 is 0 Å². The van der Waals surface area contributed by atoms with Gasteiger partial charge in [0.15, 0.2) is 0 Å². The van der Waals surface area contributed by atoms with Gasteiger partial charge in [-0.2, -0.15) is 0 Å². The molecule has 1 aromatic rings. The summed E-state index contributed by atoms with van der Waals surface area (Å²) in [6.07, 6.45) is -1.23. The van der Waals surface area contributed by atoms with E-state index in [1.165, 1.54) is 0 Å². The Labute approximate surface area is 114 Å². The van der Waals surface area contributed by atoms with Gasteiger partial charge < -0.3 is 25.1 Å².